The normalized spacial score (nSPS) is 25.3. The molecule has 3 rings (SSSR count). The molecule has 0 aromatic heterocycles. The number of primary amides is 1. The molecule has 0 bridgehead atoms. The molecule has 260 valence electrons. The number of fused-ring (bicyclic) bond motifs is 1. The van der Waals surface area contributed by atoms with Crippen molar-refractivity contribution in [1.29, 1.82) is 0 Å². The van der Waals surface area contributed by atoms with Crippen molar-refractivity contribution in [1.82, 2.24) is 4.90 Å². The molecule has 45 heavy (non-hydrogen) atoms. The first-order valence-electron chi connectivity index (χ1n) is 17.2. The molecule has 2 N–H and O–H groups in total. The van der Waals surface area contributed by atoms with Crippen LogP contribution in [-0.2, 0) is 41.9 Å². The predicted octanol–water partition coefficient (Wildman–Crippen LogP) is 7.11. The van der Waals surface area contributed by atoms with E-state index in [0.29, 0.717) is 25.0 Å². The van der Waals surface area contributed by atoms with E-state index in [4.69, 9.17) is 38.3 Å². The van der Waals surface area contributed by atoms with Crippen LogP contribution in [0.4, 0.5) is 0 Å². The van der Waals surface area contributed by atoms with E-state index >= 15 is 0 Å². The van der Waals surface area contributed by atoms with Crippen molar-refractivity contribution in [3.63, 3.8) is 0 Å². The minimum absolute atomic E-state index is 0.0955. The number of carbonyl (C=O) groups is 1. The van der Waals surface area contributed by atoms with Crippen LogP contribution in [0.3, 0.4) is 0 Å². The Kier molecular flexibility index (Phi) is 17.1. The average Bonchev–Trinajstić information content (AvgIpc) is 3.52. The van der Waals surface area contributed by atoms with Crippen LogP contribution in [0.1, 0.15) is 117 Å². The van der Waals surface area contributed by atoms with E-state index in [1.807, 2.05) is 26.1 Å². The molecule has 3 aliphatic heterocycles. The Bertz CT molecular complexity index is 976. The number of nitrogens with two attached hydrogens (primary N) is 1. The van der Waals surface area contributed by atoms with E-state index in [9.17, 15) is 9.36 Å². The van der Waals surface area contributed by atoms with Gasteiger partial charge in [0, 0.05) is 38.3 Å². The molecule has 0 aromatic carbocycles. The lowest BCUT2D eigenvalue weighted by molar-refractivity contribution is -0.201. The van der Waals surface area contributed by atoms with Gasteiger partial charge >= 0.3 is 7.82 Å². The molecule has 5 atom stereocenters. The lowest BCUT2D eigenvalue weighted by Gasteiger charge is -2.31. The number of allylic oxidation sites excluding steroid dienone is 1. The number of carbonyl (C=O) groups excluding carboxylic acids is 1. The molecule has 1 amide bonds. The van der Waals surface area contributed by atoms with Crippen LogP contribution in [0.5, 0.6) is 0 Å². The smallest absolute Gasteiger partial charge is 0.381 e. The first-order valence-corrected chi connectivity index (χ1v) is 18.6. The summed E-state index contributed by atoms with van der Waals surface area (Å²) in [5.74, 6) is -1.34. The number of hydrogen-bond donors (Lipinski definition) is 1. The second-order valence-corrected chi connectivity index (χ2v) is 14.4. The standard InChI is InChI=1S/C33H59N2O9P/c1-5-6-7-8-9-10-11-12-13-14-15-16-17-22-39-23-19-24-40-45(37,38-4)41-26-28-29-30(44-33(2,3)43-29)32(42-28)35-21-18-20-27(25-35)31(34)36/h18,21,25,28-30,32H,5-17,19-20,22-24,26H2,1-4H3,(H2,34,36). The van der Waals surface area contributed by atoms with E-state index in [-0.39, 0.29) is 13.2 Å². The molecule has 0 radical (unpaired) electrons. The molecule has 0 spiro atoms. The van der Waals surface area contributed by atoms with Gasteiger partial charge in [0.1, 0.15) is 18.3 Å². The van der Waals surface area contributed by atoms with Gasteiger partial charge in [-0.2, -0.15) is 0 Å². The van der Waals surface area contributed by atoms with E-state index < -0.39 is 44.1 Å². The van der Waals surface area contributed by atoms with Gasteiger partial charge in [-0.15, -0.1) is 0 Å². The van der Waals surface area contributed by atoms with Crippen molar-refractivity contribution in [2.45, 2.75) is 147 Å². The minimum atomic E-state index is -3.82. The molecular weight excluding hydrogens is 599 g/mol. The fraction of sp³-hybridized carbons (Fsp3) is 0.848. The fourth-order valence-corrected chi connectivity index (χ4v) is 6.87. The van der Waals surface area contributed by atoms with E-state index in [1.54, 1.807) is 11.1 Å². The molecule has 12 heteroatoms. The van der Waals surface area contributed by atoms with Crippen LogP contribution < -0.4 is 5.73 Å². The van der Waals surface area contributed by atoms with Gasteiger partial charge in [0.15, 0.2) is 12.0 Å². The molecule has 0 aromatic rings. The lowest BCUT2D eigenvalue weighted by Crippen LogP contribution is -2.40. The molecule has 11 nitrogen and oxygen atoms in total. The van der Waals surface area contributed by atoms with Crippen molar-refractivity contribution in [2.75, 3.05) is 33.5 Å². The maximum Gasteiger partial charge on any atom is 0.474 e. The Morgan fingerprint density at radius 1 is 0.911 bits per heavy atom. The highest BCUT2D eigenvalue weighted by Gasteiger charge is 2.57. The van der Waals surface area contributed by atoms with E-state index in [0.717, 1.165) is 13.0 Å². The summed E-state index contributed by atoms with van der Waals surface area (Å²) in [7, 11) is -2.53. The highest BCUT2D eigenvalue weighted by atomic mass is 31.2. The third-order valence-corrected chi connectivity index (χ3v) is 9.76. The van der Waals surface area contributed by atoms with Crippen LogP contribution >= 0.6 is 7.82 Å². The van der Waals surface area contributed by atoms with Crippen molar-refractivity contribution in [3.05, 3.63) is 24.0 Å². The Labute approximate surface area is 271 Å². The van der Waals surface area contributed by atoms with Gasteiger partial charge in [-0.05, 0) is 33.1 Å². The first kappa shape index (κ1) is 38.2. The Morgan fingerprint density at radius 2 is 1.51 bits per heavy atom. The molecule has 0 aliphatic carbocycles. The average molecular weight is 659 g/mol. The first-order chi connectivity index (χ1) is 21.7. The second-order valence-electron chi connectivity index (χ2n) is 12.7. The van der Waals surface area contributed by atoms with Gasteiger partial charge in [0.05, 0.1) is 13.2 Å². The lowest BCUT2D eigenvalue weighted by atomic mass is 10.0. The van der Waals surface area contributed by atoms with Gasteiger partial charge in [0.2, 0.25) is 5.91 Å². The number of hydrogen-bond acceptors (Lipinski definition) is 10. The number of nitrogens with zero attached hydrogens (tertiary/aromatic N) is 1. The summed E-state index contributed by atoms with van der Waals surface area (Å²) in [6.07, 6.45) is 21.3. The van der Waals surface area contributed by atoms with Crippen molar-refractivity contribution in [3.8, 4) is 0 Å². The van der Waals surface area contributed by atoms with Gasteiger partial charge < -0.3 is 29.6 Å². The summed E-state index contributed by atoms with van der Waals surface area (Å²) >= 11 is 0. The highest BCUT2D eigenvalue weighted by molar-refractivity contribution is 7.48. The zero-order valence-electron chi connectivity index (χ0n) is 28.1. The zero-order valence-corrected chi connectivity index (χ0v) is 29.0. The summed E-state index contributed by atoms with van der Waals surface area (Å²) in [4.78, 5) is 13.5. The van der Waals surface area contributed by atoms with Gasteiger partial charge in [-0.1, -0.05) is 90.0 Å². The van der Waals surface area contributed by atoms with Crippen LogP contribution in [0.15, 0.2) is 24.0 Å². The van der Waals surface area contributed by atoms with Crippen LogP contribution in [0, 0.1) is 0 Å². The summed E-state index contributed by atoms with van der Waals surface area (Å²) in [6.45, 7) is 7.23. The number of phosphoric acid groups is 1. The maximum absolute atomic E-state index is 13.1. The van der Waals surface area contributed by atoms with Gasteiger partial charge in [0.25, 0.3) is 0 Å². The third kappa shape index (κ3) is 13.4. The number of ether oxygens (including phenoxy) is 4. The summed E-state index contributed by atoms with van der Waals surface area (Å²) in [5.41, 5.74) is 5.95. The minimum Gasteiger partial charge on any atom is -0.381 e. The molecule has 5 unspecified atom stereocenters. The summed E-state index contributed by atoms with van der Waals surface area (Å²) < 4.78 is 53.6. The largest absolute Gasteiger partial charge is 0.474 e. The Hall–Kier alpha value is -1.30. The summed E-state index contributed by atoms with van der Waals surface area (Å²) in [6, 6.07) is 0. The number of phosphoric ester groups is 1. The monoisotopic (exact) mass is 658 g/mol. The van der Waals surface area contributed by atoms with Crippen LogP contribution in [0.25, 0.3) is 0 Å². The zero-order chi connectivity index (χ0) is 32.5. The molecule has 3 aliphatic rings. The summed E-state index contributed by atoms with van der Waals surface area (Å²) in [5, 5.41) is 0. The van der Waals surface area contributed by atoms with Crippen molar-refractivity contribution >= 4 is 13.7 Å². The SMILES string of the molecule is CCCCCCCCCCCCCCCOCCCOP(=O)(OC)OCC1OC(N2C=CCC(C(N)=O)=C2)C2OC(C)(C)OC12. The number of unbranched alkanes of at least 4 members (excludes halogenated alkanes) is 12. The highest BCUT2D eigenvalue weighted by Crippen LogP contribution is 2.50. The van der Waals surface area contributed by atoms with Gasteiger partial charge in [-0.25, -0.2) is 4.57 Å². The molecule has 0 saturated carbocycles. The van der Waals surface area contributed by atoms with Crippen molar-refractivity contribution < 1.29 is 41.9 Å². The predicted molar refractivity (Wildman–Crippen MR) is 173 cm³/mol. The molecule has 2 saturated heterocycles. The fourth-order valence-electron chi connectivity index (χ4n) is 5.90. The van der Waals surface area contributed by atoms with Gasteiger partial charge in [-0.3, -0.25) is 18.4 Å². The second kappa shape index (κ2) is 20.2. The third-order valence-electron chi connectivity index (χ3n) is 8.35. The Morgan fingerprint density at radius 3 is 2.13 bits per heavy atom. The number of amides is 1. The van der Waals surface area contributed by atoms with E-state index in [1.165, 1.54) is 84.2 Å². The molecule has 2 fully saturated rings. The molecule has 3 heterocycles. The quantitative estimate of drug-likeness (QED) is 0.0801. The van der Waals surface area contributed by atoms with Crippen LogP contribution in [-0.4, -0.2) is 74.7 Å². The van der Waals surface area contributed by atoms with Crippen LogP contribution in [0.2, 0.25) is 0 Å². The molecular formula is C33H59N2O9P. The Balaban J connectivity index is 1.26. The topological polar surface area (TPSA) is 128 Å². The number of rotatable bonds is 25. The van der Waals surface area contributed by atoms with E-state index in [2.05, 4.69) is 6.92 Å². The maximum atomic E-state index is 13.1. The van der Waals surface area contributed by atoms with Crippen molar-refractivity contribution in [2.24, 2.45) is 5.73 Å².